The summed E-state index contributed by atoms with van der Waals surface area (Å²) in [6.07, 6.45) is 0.941. The predicted molar refractivity (Wildman–Crippen MR) is 78.3 cm³/mol. The molecule has 2 rings (SSSR count). The molecule has 1 heterocycles. The molecule has 0 aliphatic rings. The fraction of sp³-hybridized carbons (Fsp3) is 0.154. The first-order valence-corrected chi connectivity index (χ1v) is 7.48. The highest BCUT2D eigenvalue weighted by atomic mass is 32.2. The number of nitrogens with two attached hydrogens (primary N) is 1. The van der Waals surface area contributed by atoms with Gasteiger partial charge in [0.25, 0.3) is 10.1 Å². The molecule has 0 bridgehead atoms. The zero-order valence-electron chi connectivity index (χ0n) is 12.0. The number of benzene rings is 1. The minimum absolute atomic E-state index is 0.00944. The molecule has 0 spiro atoms. The Morgan fingerprint density at radius 1 is 1.26 bits per heavy atom. The molecule has 0 atom stereocenters. The Kier molecular flexibility index (Phi) is 6.28. The fourth-order valence-corrected chi connectivity index (χ4v) is 2.21. The molecule has 0 amide bonds. The lowest BCUT2D eigenvalue weighted by Gasteiger charge is -2.01. The lowest BCUT2D eigenvalue weighted by molar-refractivity contribution is 0.107. The average Bonchev–Trinajstić information content (AvgIpc) is 2.45. The van der Waals surface area contributed by atoms with Crippen molar-refractivity contribution in [3.63, 3.8) is 0 Å². The minimum atomic E-state index is -4.22. The van der Waals surface area contributed by atoms with E-state index in [0.717, 1.165) is 18.4 Å². The molecule has 0 aliphatic carbocycles. The van der Waals surface area contributed by atoms with Gasteiger partial charge in [0.05, 0.1) is 0 Å². The van der Waals surface area contributed by atoms with Gasteiger partial charge in [-0.25, -0.2) is 5.90 Å². The number of hydrogen-bond acceptors (Lipinski definition) is 8. The normalized spacial score (nSPS) is 10.7. The molecule has 1 aromatic carbocycles. The van der Waals surface area contributed by atoms with Gasteiger partial charge in [-0.05, 0) is 18.6 Å². The topological polar surface area (TPSA) is 160 Å². The average molecular weight is 345 g/mol. The van der Waals surface area contributed by atoms with Crippen LogP contribution in [0.25, 0.3) is 0 Å². The van der Waals surface area contributed by atoms with E-state index in [0.29, 0.717) is 5.56 Å². The van der Waals surface area contributed by atoms with Crippen molar-refractivity contribution in [1.82, 2.24) is 0 Å². The maximum atomic E-state index is 10.7. The van der Waals surface area contributed by atoms with Crippen LogP contribution in [-0.2, 0) is 21.6 Å². The van der Waals surface area contributed by atoms with Crippen LogP contribution in [0, 0.1) is 6.92 Å². The summed E-state index contributed by atoms with van der Waals surface area (Å²) in [5.41, 5.74) is -0.112. The van der Waals surface area contributed by atoms with E-state index in [1.807, 2.05) is 0 Å². The Morgan fingerprint density at radius 3 is 2.39 bits per heavy atom. The Balaban J connectivity index is 0.000000231. The number of hydrogen-bond donors (Lipinski definition) is 4. The van der Waals surface area contributed by atoms with E-state index in [4.69, 9.17) is 25.1 Å². The van der Waals surface area contributed by atoms with Crippen LogP contribution in [0.3, 0.4) is 0 Å². The summed E-state index contributed by atoms with van der Waals surface area (Å²) in [5, 5.41) is 17.7. The van der Waals surface area contributed by atoms with Crippen molar-refractivity contribution in [2.75, 3.05) is 0 Å². The van der Waals surface area contributed by atoms with Crippen LogP contribution >= 0.6 is 0 Å². The van der Waals surface area contributed by atoms with E-state index in [2.05, 4.69) is 4.84 Å². The van der Waals surface area contributed by atoms with Gasteiger partial charge in [0, 0.05) is 12.1 Å². The van der Waals surface area contributed by atoms with Crippen LogP contribution in [-0.4, -0.2) is 23.2 Å². The zero-order chi connectivity index (χ0) is 17.6. The first-order chi connectivity index (χ1) is 10.6. The number of rotatable bonds is 3. The second-order valence-corrected chi connectivity index (χ2v) is 5.72. The first-order valence-electron chi connectivity index (χ1n) is 6.04. The van der Waals surface area contributed by atoms with Gasteiger partial charge in [0.2, 0.25) is 5.43 Å². The zero-order valence-corrected chi connectivity index (χ0v) is 12.8. The molecule has 5 N–H and O–H groups in total. The van der Waals surface area contributed by atoms with Crippen LogP contribution in [0.5, 0.6) is 11.5 Å². The number of aromatic hydroxyl groups is 2. The molecule has 0 saturated carbocycles. The summed E-state index contributed by atoms with van der Waals surface area (Å²) in [6, 6.07) is 4.88. The summed E-state index contributed by atoms with van der Waals surface area (Å²) < 4.78 is 34.7. The summed E-state index contributed by atoms with van der Waals surface area (Å²) in [4.78, 5) is 14.7. The lowest BCUT2D eigenvalue weighted by atomic mass is 10.2. The molecular weight excluding hydrogens is 330 g/mol. The maximum absolute atomic E-state index is 10.7. The summed E-state index contributed by atoms with van der Waals surface area (Å²) in [7, 11) is -4.22. The largest absolute Gasteiger partial charge is 0.508 e. The van der Waals surface area contributed by atoms with Gasteiger partial charge in [-0.15, -0.1) is 0 Å². The van der Waals surface area contributed by atoms with E-state index in [1.54, 1.807) is 0 Å². The van der Waals surface area contributed by atoms with Crippen molar-refractivity contribution in [3.8, 4) is 11.5 Å². The monoisotopic (exact) mass is 345 g/mol. The van der Waals surface area contributed by atoms with E-state index in [1.165, 1.54) is 19.1 Å². The van der Waals surface area contributed by atoms with Gasteiger partial charge < -0.3 is 14.6 Å². The SMILES string of the molecule is Cc1ccc(O)cc1S(=O)(=O)O.NOCc1cc(=O)c(O)co1. The van der Waals surface area contributed by atoms with E-state index in [9.17, 15) is 13.2 Å². The Morgan fingerprint density at radius 2 is 1.91 bits per heavy atom. The number of phenols is 1. The predicted octanol–water partition coefficient (Wildman–Crippen LogP) is 0.683. The lowest BCUT2D eigenvalue weighted by Crippen LogP contribution is -2.04. The second-order valence-electron chi connectivity index (χ2n) is 4.33. The fourth-order valence-electron chi connectivity index (χ4n) is 1.47. The van der Waals surface area contributed by atoms with Gasteiger partial charge in [0.1, 0.15) is 29.3 Å². The number of phenolic OH excluding ortho intramolecular Hbond substituents is 1. The van der Waals surface area contributed by atoms with Crippen LogP contribution in [0.4, 0.5) is 0 Å². The van der Waals surface area contributed by atoms with Crippen LogP contribution in [0.2, 0.25) is 0 Å². The van der Waals surface area contributed by atoms with Crippen molar-refractivity contribution in [2.24, 2.45) is 5.90 Å². The third-order valence-corrected chi connectivity index (χ3v) is 3.54. The van der Waals surface area contributed by atoms with E-state index >= 15 is 0 Å². The molecule has 126 valence electrons. The Hall–Kier alpha value is -2.40. The third-order valence-electron chi connectivity index (χ3n) is 2.54. The second kappa shape index (κ2) is 7.74. The van der Waals surface area contributed by atoms with Crippen molar-refractivity contribution in [1.29, 1.82) is 0 Å². The third kappa shape index (κ3) is 5.71. The molecule has 23 heavy (non-hydrogen) atoms. The van der Waals surface area contributed by atoms with Gasteiger partial charge in [-0.3, -0.25) is 14.2 Å². The summed E-state index contributed by atoms with van der Waals surface area (Å²) >= 11 is 0. The van der Waals surface area contributed by atoms with Crippen molar-refractivity contribution < 1.29 is 32.4 Å². The number of aryl methyl sites for hydroxylation is 1. The molecule has 1 aromatic heterocycles. The van der Waals surface area contributed by atoms with Crippen molar-refractivity contribution in [3.05, 3.63) is 52.1 Å². The Labute approximate surface area is 131 Å². The van der Waals surface area contributed by atoms with Crippen LogP contribution < -0.4 is 11.3 Å². The molecular formula is C13H15NO8S. The molecule has 9 nitrogen and oxygen atoms in total. The highest BCUT2D eigenvalue weighted by molar-refractivity contribution is 7.85. The molecule has 0 unspecified atom stereocenters. The van der Waals surface area contributed by atoms with Crippen LogP contribution in [0.15, 0.2) is 44.6 Å². The van der Waals surface area contributed by atoms with Crippen LogP contribution in [0.1, 0.15) is 11.3 Å². The van der Waals surface area contributed by atoms with Gasteiger partial charge in [0.15, 0.2) is 5.75 Å². The van der Waals surface area contributed by atoms with Gasteiger partial charge in [-0.2, -0.15) is 8.42 Å². The standard InChI is InChI=1S/C7H8O4S.C6H7NO4/c1-5-2-3-6(8)4-7(5)12(9,10)11;7-11-2-4-1-5(8)6(9)3-10-4/h2-4,8H,1H3,(H,9,10,11);1,3,9H,2,7H2. The molecule has 0 aliphatic heterocycles. The highest BCUT2D eigenvalue weighted by Crippen LogP contribution is 2.19. The van der Waals surface area contributed by atoms with Crippen molar-refractivity contribution >= 4 is 10.1 Å². The molecule has 10 heteroatoms. The maximum Gasteiger partial charge on any atom is 0.294 e. The minimum Gasteiger partial charge on any atom is -0.508 e. The molecule has 0 radical (unpaired) electrons. The summed E-state index contributed by atoms with van der Waals surface area (Å²) in [5.74, 6) is 4.39. The van der Waals surface area contributed by atoms with Gasteiger partial charge >= 0.3 is 0 Å². The van der Waals surface area contributed by atoms with Gasteiger partial charge in [-0.1, -0.05) is 6.07 Å². The highest BCUT2D eigenvalue weighted by Gasteiger charge is 2.12. The Bertz CT molecular complexity index is 828. The first kappa shape index (κ1) is 18.6. The van der Waals surface area contributed by atoms with Crippen molar-refractivity contribution in [2.45, 2.75) is 18.4 Å². The van der Waals surface area contributed by atoms with E-state index in [-0.39, 0.29) is 23.0 Å². The quantitative estimate of drug-likeness (QED) is 0.463. The smallest absolute Gasteiger partial charge is 0.294 e. The molecule has 0 saturated heterocycles. The molecule has 2 aromatic rings. The van der Waals surface area contributed by atoms with E-state index < -0.39 is 21.3 Å². The molecule has 0 fully saturated rings. The summed E-state index contributed by atoms with van der Waals surface area (Å²) in [6.45, 7) is 1.54.